The van der Waals surface area contributed by atoms with Crippen LogP contribution in [0.1, 0.15) is 16.0 Å². The molecule has 0 aliphatic heterocycles. The van der Waals surface area contributed by atoms with Crippen molar-refractivity contribution in [3.05, 3.63) is 58.9 Å². The lowest BCUT2D eigenvalue weighted by molar-refractivity contribution is -0.113. The molecular weight excluding hydrogens is 404 g/mol. The lowest BCUT2D eigenvalue weighted by atomic mass is 10.2. The first kappa shape index (κ1) is 19.1. The number of anilines is 1. The standard InChI is InChI=1S/C20H16N6OS2/c1-12-13(2)29-20(15(12)8-21)25-17(27)10-28-19-16-9-24-26(18(16)22-11-23-19)14-6-4-3-5-7-14/h3-7,9,11H,10H2,1-2H3,(H,25,27). The quantitative estimate of drug-likeness (QED) is 0.386. The molecule has 0 aliphatic rings. The Morgan fingerprint density at radius 3 is 2.83 bits per heavy atom. The van der Waals surface area contributed by atoms with Gasteiger partial charge in [-0.3, -0.25) is 4.79 Å². The van der Waals surface area contributed by atoms with Crippen molar-refractivity contribution in [1.82, 2.24) is 19.7 Å². The van der Waals surface area contributed by atoms with Gasteiger partial charge in [0.05, 0.1) is 28.6 Å². The summed E-state index contributed by atoms with van der Waals surface area (Å²) >= 11 is 2.73. The van der Waals surface area contributed by atoms with Crippen LogP contribution in [0.5, 0.6) is 0 Å². The van der Waals surface area contributed by atoms with Gasteiger partial charge in [0.25, 0.3) is 0 Å². The molecule has 0 bridgehead atoms. The summed E-state index contributed by atoms with van der Waals surface area (Å²) < 4.78 is 1.75. The van der Waals surface area contributed by atoms with Gasteiger partial charge in [0.2, 0.25) is 5.91 Å². The van der Waals surface area contributed by atoms with Crippen LogP contribution in [0.15, 0.2) is 47.9 Å². The van der Waals surface area contributed by atoms with Crippen LogP contribution in [0, 0.1) is 25.2 Å². The summed E-state index contributed by atoms with van der Waals surface area (Å²) in [4.78, 5) is 22.1. The van der Waals surface area contributed by atoms with Gasteiger partial charge in [-0.25, -0.2) is 14.6 Å². The predicted molar refractivity (Wildman–Crippen MR) is 115 cm³/mol. The Labute approximate surface area is 175 Å². The highest BCUT2D eigenvalue weighted by molar-refractivity contribution is 8.00. The fraction of sp³-hybridized carbons (Fsp3) is 0.150. The summed E-state index contributed by atoms with van der Waals surface area (Å²) in [7, 11) is 0. The Hall–Kier alpha value is -3.22. The highest BCUT2D eigenvalue weighted by atomic mass is 32.2. The van der Waals surface area contributed by atoms with Crippen LogP contribution in [0.4, 0.5) is 5.00 Å². The van der Waals surface area contributed by atoms with Gasteiger partial charge in [-0.15, -0.1) is 11.3 Å². The zero-order valence-electron chi connectivity index (χ0n) is 15.7. The van der Waals surface area contributed by atoms with E-state index < -0.39 is 0 Å². The molecule has 0 spiro atoms. The van der Waals surface area contributed by atoms with Crippen molar-refractivity contribution in [2.45, 2.75) is 18.9 Å². The Kier molecular flexibility index (Phi) is 5.29. The summed E-state index contributed by atoms with van der Waals surface area (Å²) in [5.74, 6) is -0.0151. The van der Waals surface area contributed by atoms with Gasteiger partial charge in [-0.05, 0) is 31.5 Å². The highest BCUT2D eigenvalue weighted by Gasteiger charge is 2.16. The minimum absolute atomic E-state index is 0.170. The Morgan fingerprint density at radius 2 is 2.07 bits per heavy atom. The normalized spacial score (nSPS) is 10.8. The van der Waals surface area contributed by atoms with E-state index in [0.29, 0.717) is 21.2 Å². The molecule has 144 valence electrons. The second-order valence-corrected chi connectivity index (χ2v) is 8.43. The third-order valence-corrected chi connectivity index (χ3v) is 6.55. The monoisotopic (exact) mass is 420 g/mol. The number of para-hydroxylation sites is 1. The van der Waals surface area contributed by atoms with E-state index in [0.717, 1.165) is 21.5 Å². The maximum atomic E-state index is 12.4. The number of aryl methyl sites for hydroxylation is 1. The Balaban J connectivity index is 1.52. The van der Waals surface area contributed by atoms with Gasteiger partial charge in [0.15, 0.2) is 5.65 Å². The molecule has 3 heterocycles. The van der Waals surface area contributed by atoms with E-state index in [1.165, 1.54) is 29.4 Å². The molecule has 0 atom stereocenters. The summed E-state index contributed by atoms with van der Waals surface area (Å²) in [5, 5.41) is 18.7. The van der Waals surface area contributed by atoms with Gasteiger partial charge in [0.1, 0.15) is 22.4 Å². The second-order valence-electron chi connectivity index (χ2n) is 6.24. The number of amides is 1. The Morgan fingerprint density at radius 1 is 1.28 bits per heavy atom. The average molecular weight is 421 g/mol. The first-order chi connectivity index (χ1) is 14.1. The number of hydrogen-bond acceptors (Lipinski definition) is 7. The van der Waals surface area contributed by atoms with Crippen LogP contribution in [-0.2, 0) is 4.79 Å². The number of carbonyl (C=O) groups excluding carboxylic acids is 1. The molecule has 0 radical (unpaired) electrons. The van der Waals surface area contributed by atoms with Crippen molar-refractivity contribution in [3.63, 3.8) is 0 Å². The molecule has 3 aromatic heterocycles. The van der Waals surface area contributed by atoms with Crippen molar-refractivity contribution in [2.24, 2.45) is 0 Å². The van der Waals surface area contributed by atoms with Crippen LogP contribution < -0.4 is 5.32 Å². The van der Waals surface area contributed by atoms with Crippen molar-refractivity contribution in [3.8, 4) is 11.8 Å². The van der Waals surface area contributed by atoms with Crippen LogP contribution in [-0.4, -0.2) is 31.4 Å². The number of nitriles is 1. The SMILES string of the molecule is Cc1sc(NC(=O)CSc2ncnc3c2cnn3-c2ccccc2)c(C#N)c1C. The third kappa shape index (κ3) is 3.72. The molecule has 4 aromatic rings. The average Bonchev–Trinajstić information content (AvgIpc) is 3.28. The highest BCUT2D eigenvalue weighted by Crippen LogP contribution is 2.32. The smallest absolute Gasteiger partial charge is 0.235 e. The largest absolute Gasteiger partial charge is 0.316 e. The first-order valence-corrected chi connectivity index (χ1v) is 10.6. The minimum atomic E-state index is -0.185. The topological polar surface area (TPSA) is 96.5 Å². The zero-order chi connectivity index (χ0) is 20.4. The number of nitrogens with one attached hydrogen (secondary N) is 1. The van der Waals surface area contributed by atoms with Gasteiger partial charge >= 0.3 is 0 Å². The maximum absolute atomic E-state index is 12.4. The fourth-order valence-electron chi connectivity index (χ4n) is 2.84. The van der Waals surface area contributed by atoms with E-state index in [4.69, 9.17) is 0 Å². The number of nitrogens with zero attached hydrogens (tertiary/aromatic N) is 5. The fourth-order valence-corrected chi connectivity index (χ4v) is 4.63. The number of aromatic nitrogens is 4. The summed E-state index contributed by atoms with van der Waals surface area (Å²) in [6.45, 7) is 3.82. The number of rotatable bonds is 5. The molecule has 0 saturated carbocycles. The number of hydrogen-bond donors (Lipinski definition) is 1. The molecule has 0 fully saturated rings. The molecule has 9 heteroatoms. The molecule has 7 nitrogen and oxygen atoms in total. The lowest BCUT2D eigenvalue weighted by Gasteiger charge is -2.05. The molecule has 29 heavy (non-hydrogen) atoms. The Bertz CT molecular complexity index is 1240. The van der Waals surface area contributed by atoms with E-state index in [1.54, 1.807) is 10.9 Å². The number of thioether (sulfide) groups is 1. The number of thiophene rings is 1. The van der Waals surface area contributed by atoms with Crippen molar-refractivity contribution < 1.29 is 4.79 Å². The first-order valence-electron chi connectivity index (χ1n) is 8.75. The molecular formula is C20H16N6OS2. The molecule has 1 amide bonds. The summed E-state index contributed by atoms with van der Waals surface area (Å²) in [6.07, 6.45) is 3.19. The summed E-state index contributed by atoms with van der Waals surface area (Å²) in [6, 6.07) is 11.9. The van der Waals surface area contributed by atoms with E-state index in [2.05, 4.69) is 26.5 Å². The van der Waals surface area contributed by atoms with Gasteiger partial charge in [0, 0.05) is 4.88 Å². The van der Waals surface area contributed by atoms with Crippen LogP contribution >= 0.6 is 23.1 Å². The van der Waals surface area contributed by atoms with Gasteiger partial charge in [-0.1, -0.05) is 30.0 Å². The number of fused-ring (bicyclic) bond motifs is 1. The molecule has 1 N–H and O–H groups in total. The van der Waals surface area contributed by atoms with Crippen LogP contribution in [0.2, 0.25) is 0 Å². The number of carbonyl (C=O) groups is 1. The van der Waals surface area contributed by atoms with Crippen LogP contribution in [0.3, 0.4) is 0 Å². The maximum Gasteiger partial charge on any atom is 0.235 e. The minimum Gasteiger partial charge on any atom is -0.316 e. The third-order valence-electron chi connectivity index (χ3n) is 4.42. The van der Waals surface area contributed by atoms with Crippen molar-refractivity contribution >= 4 is 45.0 Å². The van der Waals surface area contributed by atoms with Gasteiger partial charge < -0.3 is 5.32 Å². The molecule has 0 unspecified atom stereocenters. The van der Waals surface area contributed by atoms with Gasteiger partial charge in [-0.2, -0.15) is 10.4 Å². The van der Waals surface area contributed by atoms with Crippen molar-refractivity contribution in [2.75, 3.05) is 11.1 Å². The van der Waals surface area contributed by atoms with Crippen LogP contribution in [0.25, 0.3) is 16.7 Å². The molecule has 0 saturated heterocycles. The molecule has 1 aromatic carbocycles. The van der Waals surface area contributed by atoms with E-state index in [9.17, 15) is 10.1 Å². The van der Waals surface area contributed by atoms with Crippen molar-refractivity contribution in [1.29, 1.82) is 5.26 Å². The summed E-state index contributed by atoms with van der Waals surface area (Å²) in [5.41, 5.74) is 3.03. The zero-order valence-corrected chi connectivity index (χ0v) is 17.3. The second kappa shape index (κ2) is 8.03. The van der Waals surface area contributed by atoms with E-state index in [-0.39, 0.29) is 11.7 Å². The molecule has 0 aliphatic carbocycles. The van der Waals surface area contributed by atoms with E-state index in [1.807, 2.05) is 44.2 Å². The molecule has 4 rings (SSSR count). The lowest BCUT2D eigenvalue weighted by Crippen LogP contribution is -2.14. The number of benzene rings is 1. The predicted octanol–water partition coefficient (Wildman–Crippen LogP) is 4.10. The van der Waals surface area contributed by atoms with E-state index >= 15 is 0 Å².